The first-order valence-corrected chi connectivity index (χ1v) is 13.6. The maximum atomic E-state index is 6.24. The zero-order valence-corrected chi connectivity index (χ0v) is 21.8. The molecule has 0 atom stereocenters. The van der Waals surface area contributed by atoms with E-state index >= 15 is 0 Å². The summed E-state index contributed by atoms with van der Waals surface area (Å²) in [4.78, 5) is 1.72. The molecule has 0 radical (unpaired) electrons. The van der Waals surface area contributed by atoms with Gasteiger partial charge in [0.2, 0.25) is 0 Å². The highest BCUT2D eigenvalue weighted by molar-refractivity contribution is 6.15. The van der Waals surface area contributed by atoms with Crippen LogP contribution in [0.2, 0.25) is 0 Å². The number of fused-ring (bicyclic) bond motifs is 7. The lowest BCUT2D eigenvalue weighted by Crippen LogP contribution is -1.97. The third kappa shape index (κ3) is 3.36. The van der Waals surface area contributed by atoms with Crippen LogP contribution in [-0.2, 0) is 0 Å². The molecule has 0 aliphatic carbocycles. The molecule has 41 heavy (non-hydrogen) atoms. The number of rotatable bonds is 3. The van der Waals surface area contributed by atoms with Crippen LogP contribution in [0.4, 0.5) is 0 Å². The molecule has 3 heterocycles. The van der Waals surface area contributed by atoms with E-state index in [-0.39, 0.29) is 0 Å². The lowest BCUT2D eigenvalue weighted by molar-refractivity contribution is 0.668. The second-order valence-electron chi connectivity index (χ2n) is 10.3. The van der Waals surface area contributed by atoms with Gasteiger partial charge in [0.1, 0.15) is 33.4 Å². The van der Waals surface area contributed by atoms with Crippen molar-refractivity contribution in [2.75, 3.05) is 0 Å². The number of aromatic nitrogens is 3. The molecule has 0 spiro atoms. The maximum Gasteiger partial charge on any atom is 0.136 e. The third-order valence-electron chi connectivity index (χ3n) is 7.88. The second-order valence-corrected chi connectivity index (χ2v) is 10.3. The van der Waals surface area contributed by atoms with Gasteiger partial charge in [-0.25, -0.2) is 0 Å². The maximum absolute atomic E-state index is 6.24. The smallest absolute Gasteiger partial charge is 0.136 e. The van der Waals surface area contributed by atoms with Crippen molar-refractivity contribution in [1.82, 2.24) is 15.0 Å². The number of furan rings is 2. The quantitative estimate of drug-likeness (QED) is 0.230. The van der Waals surface area contributed by atoms with Crippen molar-refractivity contribution in [3.8, 4) is 27.9 Å². The lowest BCUT2D eigenvalue weighted by atomic mass is 9.94. The Bertz CT molecular complexity index is 2430. The Kier molecular flexibility index (Phi) is 4.55. The molecule has 192 valence electrons. The monoisotopic (exact) mass is 527 g/mol. The summed E-state index contributed by atoms with van der Waals surface area (Å²) in [5, 5.41) is 14.3. The van der Waals surface area contributed by atoms with Crippen LogP contribution in [0.3, 0.4) is 0 Å². The van der Waals surface area contributed by atoms with E-state index in [1.54, 1.807) is 4.80 Å². The standard InChI is InChI=1S/C36H21N3O2/c1-2-9-24(10-3-1)39-37-30-21-23(22-17-18-33-28(19-22)25-11-4-6-14-31(25)40-33)20-29(36(30)38-39)26-13-8-16-34-35(26)27-12-5-7-15-32(27)41-34/h1-21H. The average Bonchev–Trinajstić information content (AvgIpc) is 3.74. The van der Waals surface area contributed by atoms with Crippen molar-refractivity contribution < 1.29 is 8.83 Å². The fraction of sp³-hybridized carbons (Fsp3) is 0. The zero-order valence-electron chi connectivity index (χ0n) is 21.8. The van der Waals surface area contributed by atoms with E-state index < -0.39 is 0 Å². The van der Waals surface area contributed by atoms with Crippen molar-refractivity contribution >= 4 is 54.9 Å². The molecule has 9 aromatic rings. The van der Waals surface area contributed by atoms with Gasteiger partial charge in [0.15, 0.2) is 0 Å². The summed E-state index contributed by atoms with van der Waals surface area (Å²) in [6.07, 6.45) is 0. The van der Waals surface area contributed by atoms with Gasteiger partial charge in [-0.2, -0.15) is 4.80 Å². The molecule has 0 unspecified atom stereocenters. The van der Waals surface area contributed by atoms with E-state index in [1.807, 2.05) is 72.8 Å². The van der Waals surface area contributed by atoms with Crippen LogP contribution in [0.1, 0.15) is 0 Å². The topological polar surface area (TPSA) is 57.0 Å². The fourth-order valence-corrected chi connectivity index (χ4v) is 5.97. The van der Waals surface area contributed by atoms with Crippen LogP contribution in [-0.4, -0.2) is 15.0 Å². The average molecular weight is 528 g/mol. The lowest BCUT2D eigenvalue weighted by Gasteiger charge is -2.09. The van der Waals surface area contributed by atoms with Crippen molar-refractivity contribution in [2.45, 2.75) is 0 Å². The number of hydrogen-bond donors (Lipinski definition) is 0. The van der Waals surface area contributed by atoms with E-state index in [4.69, 9.17) is 19.0 Å². The van der Waals surface area contributed by atoms with Crippen LogP contribution in [0.25, 0.3) is 82.9 Å². The summed E-state index contributed by atoms with van der Waals surface area (Å²) in [6.45, 7) is 0. The van der Waals surface area contributed by atoms with E-state index in [0.717, 1.165) is 82.9 Å². The first-order valence-electron chi connectivity index (χ1n) is 13.6. The Balaban J connectivity index is 1.35. The summed E-state index contributed by atoms with van der Waals surface area (Å²) in [7, 11) is 0. The van der Waals surface area contributed by atoms with Gasteiger partial charge >= 0.3 is 0 Å². The van der Waals surface area contributed by atoms with Crippen molar-refractivity contribution in [2.24, 2.45) is 0 Å². The molecule has 0 aliphatic heterocycles. The summed E-state index contributed by atoms with van der Waals surface area (Å²) in [6, 6.07) is 43.3. The summed E-state index contributed by atoms with van der Waals surface area (Å²) in [5.41, 5.74) is 10.3. The first-order chi connectivity index (χ1) is 20.3. The molecule has 5 heteroatoms. The number of benzene rings is 6. The third-order valence-corrected chi connectivity index (χ3v) is 7.88. The van der Waals surface area contributed by atoms with Crippen molar-refractivity contribution in [3.05, 3.63) is 127 Å². The molecule has 5 nitrogen and oxygen atoms in total. The molecule has 9 rings (SSSR count). The van der Waals surface area contributed by atoms with Gasteiger partial charge in [-0.1, -0.05) is 72.8 Å². The minimum absolute atomic E-state index is 0.823. The Morgan fingerprint density at radius 1 is 0.463 bits per heavy atom. The van der Waals surface area contributed by atoms with E-state index in [0.29, 0.717) is 0 Å². The molecule has 0 amide bonds. The predicted molar refractivity (Wildman–Crippen MR) is 164 cm³/mol. The summed E-state index contributed by atoms with van der Waals surface area (Å²) < 4.78 is 12.3. The minimum atomic E-state index is 0.823. The SMILES string of the molecule is c1ccc(-n2nc3cc(-c4ccc5oc6ccccc6c5c4)cc(-c4cccc5oc6ccccc6c45)c3n2)cc1. The van der Waals surface area contributed by atoms with Gasteiger partial charge in [0.05, 0.1) is 5.69 Å². The summed E-state index contributed by atoms with van der Waals surface area (Å²) in [5.74, 6) is 0. The highest BCUT2D eigenvalue weighted by Gasteiger charge is 2.19. The van der Waals surface area contributed by atoms with Gasteiger partial charge in [-0.3, -0.25) is 0 Å². The molecule has 0 aliphatic rings. The first kappa shape index (κ1) is 22.2. The predicted octanol–water partition coefficient (Wildman–Crippen LogP) is 9.55. The van der Waals surface area contributed by atoms with Crippen molar-refractivity contribution in [3.63, 3.8) is 0 Å². The molecule has 3 aromatic heterocycles. The molecular weight excluding hydrogens is 506 g/mol. The molecular formula is C36H21N3O2. The molecule has 0 bridgehead atoms. The van der Waals surface area contributed by atoms with Crippen LogP contribution in [0.5, 0.6) is 0 Å². The van der Waals surface area contributed by atoms with Gasteiger partial charge < -0.3 is 8.83 Å². The second kappa shape index (κ2) is 8.41. The fourth-order valence-electron chi connectivity index (χ4n) is 5.97. The largest absolute Gasteiger partial charge is 0.456 e. The molecule has 0 saturated heterocycles. The van der Waals surface area contributed by atoms with Gasteiger partial charge in [0.25, 0.3) is 0 Å². The highest BCUT2D eigenvalue weighted by atomic mass is 16.3. The number of para-hydroxylation sites is 3. The van der Waals surface area contributed by atoms with Gasteiger partial charge in [-0.15, -0.1) is 10.2 Å². The molecule has 0 N–H and O–H groups in total. The summed E-state index contributed by atoms with van der Waals surface area (Å²) >= 11 is 0. The van der Waals surface area contributed by atoms with Crippen LogP contribution in [0.15, 0.2) is 136 Å². The number of nitrogens with zero attached hydrogens (tertiary/aromatic N) is 3. The molecule has 0 fully saturated rings. The number of hydrogen-bond acceptors (Lipinski definition) is 4. The Morgan fingerprint density at radius 3 is 2.05 bits per heavy atom. The molecule has 0 saturated carbocycles. The zero-order chi connectivity index (χ0) is 26.9. The van der Waals surface area contributed by atoms with Gasteiger partial charge in [-0.05, 0) is 71.3 Å². The van der Waals surface area contributed by atoms with E-state index in [2.05, 4.69) is 54.6 Å². The Hall–Kier alpha value is -5.68. The van der Waals surface area contributed by atoms with E-state index in [9.17, 15) is 0 Å². The van der Waals surface area contributed by atoms with Crippen molar-refractivity contribution in [1.29, 1.82) is 0 Å². The van der Waals surface area contributed by atoms with Crippen LogP contribution < -0.4 is 0 Å². The highest BCUT2D eigenvalue weighted by Crippen LogP contribution is 2.41. The Morgan fingerprint density at radius 2 is 1.17 bits per heavy atom. The van der Waals surface area contributed by atoms with Crippen LogP contribution >= 0.6 is 0 Å². The minimum Gasteiger partial charge on any atom is -0.456 e. The Labute approximate surface area is 233 Å². The normalized spacial score (nSPS) is 11.9. The molecule has 6 aromatic carbocycles. The van der Waals surface area contributed by atoms with Gasteiger partial charge in [0, 0.05) is 27.1 Å². The van der Waals surface area contributed by atoms with Crippen LogP contribution in [0, 0.1) is 0 Å². The van der Waals surface area contributed by atoms with E-state index in [1.165, 1.54) is 0 Å².